The highest BCUT2D eigenvalue weighted by Gasteiger charge is 2.34. The van der Waals surface area contributed by atoms with E-state index < -0.39 is 12.3 Å². The number of anilines is 2. The predicted octanol–water partition coefficient (Wildman–Crippen LogP) is 3.04. The summed E-state index contributed by atoms with van der Waals surface area (Å²) in [7, 11) is 1.61. The van der Waals surface area contributed by atoms with Gasteiger partial charge in [0.15, 0.2) is 0 Å². The van der Waals surface area contributed by atoms with Crippen molar-refractivity contribution in [2.24, 2.45) is 4.99 Å². The van der Waals surface area contributed by atoms with Crippen LogP contribution in [-0.4, -0.2) is 73.7 Å². The maximum atomic E-state index is 13.1. The van der Waals surface area contributed by atoms with Crippen molar-refractivity contribution in [2.45, 2.75) is 31.7 Å². The van der Waals surface area contributed by atoms with Crippen molar-refractivity contribution in [3.8, 4) is 0 Å². The molecular formula is C26H31F2N5O3. The molecule has 2 amide bonds. The molecular weight excluding hydrogens is 468 g/mol. The fourth-order valence-corrected chi connectivity index (χ4v) is 4.33. The van der Waals surface area contributed by atoms with Gasteiger partial charge in [0.05, 0.1) is 6.54 Å². The van der Waals surface area contributed by atoms with E-state index in [4.69, 9.17) is 0 Å². The van der Waals surface area contributed by atoms with E-state index in [0.29, 0.717) is 37.8 Å². The van der Waals surface area contributed by atoms with Gasteiger partial charge in [-0.25, -0.2) is 8.78 Å². The summed E-state index contributed by atoms with van der Waals surface area (Å²) >= 11 is 0. The van der Waals surface area contributed by atoms with Gasteiger partial charge in [-0.1, -0.05) is 12.1 Å². The molecule has 36 heavy (non-hydrogen) atoms. The van der Waals surface area contributed by atoms with Gasteiger partial charge in [0, 0.05) is 61.8 Å². The number of benzene rings is 2. The zero-order valence-corrected chi connectivity index (χ0v) is 20.2. The molecule has 1 saturated carbocycles. The Hall–Kier alpha value is -3.37. The number of alkyl halides is 2. The maximum absolute atomic E-state index is 13.1. The minimum atomic E-state index is -2.69. The minimum absolute atomic E-state index is 0.0573. The number of guanidine groups is 1. The monoisotopic (exact) mass is 499 g/mol. The van der Waals surface area contributed by atoms with Crippen molar-refractivity contribution in [3.63, 3.8) is 0 Å². The first-order valence-electron chi connectivity index (χ1n) is 12.1. The highest BCUT2D eigenvalue weighted by molar-refractivity contribution is 6.07. The van der Waals surface area contributed by atoms with Crippen LogP contribution in [0.3, 0.4) is 0 Å². The van der Waals surface area contributed by atoms with Crippen molar-refractivity contribution >= 4 is 29.1 Å². The number of hydrogen-bond acceptors (Lipinski definition) is 4. The molecule has 0 bridgehead atoms. The van der Waals surface area contributed by atoms with Gasteiger partial charge in [-0.15, -0.1) is 0 Å². The van der Waals surface area contributed by atoms with Crippen LogP contribution in [0.5, 0.6) is 0 Å². The van der Waals surface area contributed by atoms with E-state index in [-0.39, 0.29) is 29.6 Å². The van der Waals surface area contributed by atoms with Crippen LogP contribution in [0.2, 0.25) is 0 Å². The number of rotatable bonds is 8. The summed E-state index contributed by atoms with van der Waals surface area (Å²) in [4.78, 5) is 35.4. The molecule has 2 fully saturated rings. The van der Waals surface area contributed by atoms with Crippen LogP contribution in [-0.2, 0) is 4.79 Å². The predicted molar refractivity (Wildman–Crippen MR) is 135 cm³/mol. The molecule has 0 aromatic heterocycles. The number of piperazine rings is 1. The topological polar surface area (TPSA) is 88.5 Å². The number of amides is 2. The molecule has 1 heterocycles. The van der Waals surface area contributed by atoms with Crippen molar-refractivity contribution in [1.29, 1.82) is 0 Å². The maximum Gasteiger partial charge on any atom is 0.280 e. The number of carbonyl (C=O) groups is 2. The Morgan fingerprint density at radius 3 is 2.56 bits per heavy atom. The molecule has 2 aromatic rings. The van der Waals surface area contributed by atoms with Gasteiger partial charge in [-0.05, 0) is 55.7 Å². The summed E-state index contributed by atoms with van der Waals surface area (Å²) < 4.78 is 26.1. The first-order chi connectivity index (χ1) is 17.4. The van der Waals surface area contributed by atoms with Crippen molar-refractivity contribution < 1.29 is 23.5 Å². The van der Waals surface area contributed by atoms with E-state index in [9.17, 15) is 23.5 Å². The third kappa shape index (κ3) is 6.06. The van der Waals surface area contributed by atoms with Crippen LogP contribution in [0.1, 0.15) is 41.6 Å². The normalized spacial score (nSPS) is 17.0. The van der Waals surface area contributed by atoms with Crippen LogP contribution in [0, 0.1) is 0 Å². The van der Waals surface area contributed by atoms with E-state index in [1.165, 1.54) is 31.0 Å². The molecule has 0 unspecified atom stereocenters. The fraction of sp³-hybridized carbons (Fsp3) is 0.423. The molecule has 2 aliphatic rings. The lowest BCUT2D eigenvalue weighted by atomic mass is 10.1. The molecule has 10 heteroatoms. The molecule has 4 rings (SSSR count). The van der Waals surface area contributed by atoms with Gasteiger partial charge in [-0.3, -0.25) is 14.5 Å². The van der Waals surface area contributed by atoms with Gasteiger partial charge in [-0.2, -0.15) is 4.99 Å². The molecule has 2 N–H and O–H groups in total. The summed E-state index contributed by atoms with van der Waals surface area (Å²) in [5, 5.41) is 12.3. The summed E-state index contributed by atoms with van der Waals surface area (Å²) in [6, 6.07) is 13.2. The van der Waals surface area contributed by atoms with Gasteiger partial charge in [0.25, 0.3) is 12.3 Å². The second-order valence-corrected chi connectivity index (χ2v) is 8.91. The Morgan fingerprint density at radius 2 is 1.94 bits per heavy atom. The Kier molecular flexibility index (Phi) is 8.27. The van der Waals surface area contributed by atoms with E-state index >= 15 is 0 Å². The van der Waals surface area contributed by atoms with Gasteiger partial charge < -0.3 is 20.2 Å². The van der Waals surface area contributed by atoms with Crippen molar-refractivity contribution in [2.75, 3.05) is 49.6 Å². The molecule has 2 aromatic carbocycles. The smallest absolute Gasteiger partial charge is 0.280 e. The lowest BCUT2D eigenvalue weighted by Gasteiger charge is -2.34. The highest BCUT2D eigenvalue weighted by atomic mass is 19.3. The number of aliphatic hydroxyl groups is 1. The third-order valence-electron chi connectivity index (χ3n) is 6.40. The number of carbonyl (C=O) groups excluding carboxylic acids is 2. The second-order valence-electron chi connectivity index (χ2n) is 8.91. The molecule has 1 aliphatic carbocycles. The lowest BCUT2D eigenvalue weighted by molar-refractivity contribution is -0.121. The Labute approximate surface area is 209 Å². The Bertz CT molecular complexity index is 1110. The molecule has 0 atom stereocenters. The number of nitrogens with one attached hydrogen (secondary N) is 1. The van der Waals surface area contributed by atoms with E-state index in [0.717, 1.165) is 18.3 Å². The van der Waals surface area contributed by atoms with Crippen molar-refractivity contribution in [3.05, 3.63) is 59.7 Å². The van der Waals surface area contributed by atoms with E-state index in [1.54, 1.807) is 16.8 Å². The van der Waals surface area contributed by atoms with Crippen LogP contribution < -0.4 is 15.1 Å². The van der Waals surface area contributed by atoms with Gasteiger partial charge in [0.2, 0.25) is 11.9 Å². The number of aliphatic imine (C=N–C) groups is 1. The average Bonchev–Trinajstić information content (AvgIpc) is 3.74. The van der Waals surface area contributed by atoms with Crippen LogP contribution in [0.4, 0.5) is 20.2 Å². The quantitative estimate of drug-likeness (QED) is 0.429. The van der Waals surface area contributed by atoms with Crippen LogP contribution in [0.25, 0.3) is 0 Å². The summed E-state index contributed by atoms with van der Waals surface area (Å²) in [5.41, 5.74) is 1.31. The Balaban J connectivity index is 1.53. The molecule has 0 spiro atoms. The average molecular weight is 500 g/mol. The fourth-order valence-electron chi connectivity index (χ4n) is 4.33. The number of hydrogen-bond donors (Lipinski definition) is 2. The SMILES string of the molecule is CN/C(=N\C(=O)c1cccc(C(F)F)c1)N(CCCO)c1ccc(N2CCN(C3CC3)CC2=O)cc1. The summed E-state index contributed by atoms with van der Waals surface area (Å²) in [6.07, 6.45) is 0.0650. The van der Waals surface area contributed by atoms with Gasteiger partial charge >= 0.3 is 0 Å². The molecule has 1 saturated heterocycles. The molecule has 1 aliphatic heterocycles. The third-order valence-corrected chi connectivity index (χ3v) is 6.40. The molecule has 192 valence electrons. The molecule has 8 nitrogen and oxygen atoms in total. The standard InChI is InChI=1S/C26H31F2N5O3/c1-29-26(30-25(36)19-5-2-4-18(16-19)24(27)28)33(12-3-15-34)22-10-8-21(9-11-22)32-14-13-31(17-23(32)35)20-6-7-20/h2,4-5,8-11,16,20,24,34H,3,6-7,12-15,17H2,1H3,(H,29,30,36). The van der Waals surface area contributed by atoms with Crippen LogP contribution >= 0.6 is 0 Å². The summed E-state index contributed by atoms with van der Waals surface area (Å²) in [6.45, 7) is 2.22. The largest absolute Gasteiger partial charge is 0.396 e. The van der Waals surface area contributed by atoms with E-state index in [2.05, 4.69) is 15.2 Å². The highest BCUT2D eigenvalue weighted by Crippen LogP contribution is 2.29. The lowest BCUT2D eigenvalue weighted by Crippen LogP contribution is -2.51. The first-order valence-corrected chi connectivity index (χ1v) is 12.1. The Morgan fingerprint density at radius 1 is 1.19 bits per heavy atom. The van der Waals surface area contributed by atoms with Crippen LogP contribution in [0.15, 0.2) is 53.5 Å². The minimum Gasteiger partial charge on any atom is -0.396 e. The van der Waals surface area contributed by atoms with Crippen molar-refractivity contribution in [1.82, 2.24) is 10.2 Å². The van der Waals surface area contributed by atoms with Gasteiger partial charge in [0.1, 0.15) is 0 Å². The number of halogens is 2. The summed E-state index contributed by atoms with van der Waals surface area (Å²) in [5.74, 6) is -0.364. The second kappa shape index (κ2) is 11.6. The van der Waals surface area contributed by atoms with E-state index in [1.807, 2.05) is 24.3 Å². The first kappa shape index (κ1) is 25.7. The number of nitrogens with zero attached hydrogens (tertiary/aromatic N) is 4. The molecule has 0 radical (unpaired) electrons. The zero-order chi connectivity index (χ0) is 25.7. The number of aliphatic hydroxyl groups excluding tert-OH is 1. The zero-order valence-electron chi connectivity index (χ0n) is 20.2.